The molecular formula is C14H16N2O3. The van der Waals surface area contributed by atoms with Crippen LogP contribution >= 0.6 is 0 Å². The van der Waals surface area contributed by atoms with Crippen LogP contribution in [0.25, 0.3) is 0 Å². The van der Waals surface area contributed by atoms with E-state index in [1.54, 1.807) is 29.2 Å². The summed E-state index contributed by atoms with van der Waals surface area (Å²) in [7, 11) is 0. The molecule has 1 N–H and O–H groups in total. The molecule has 5 nitrogen and oxygen atoms in total. The van der Waals surface area contributed by atoms with E-state index in [0.717, 1.165) is 12.8 Å². The third-order valence-corrected chi connectivity index (χ3v) is 3.25. The van der Waals surface area contributed by atoms with Crippen molar-refractivity contribution in [3.05, 3.63) is 29.8 Å². The number of nitrogens with zero attached hydrogens (tertiary/aromatic N) is 2. The SMILES string of the molecule is N#Cc1ccc(OCC(=O)N2CCC[C@@H]2CO)cc1. The quantitative estimate of drug-likeness (QED) is 0.873. The van der Waals surface area contributed by atoms with Gasteiger partial charge >= 0.3 is 0 Å². The Morgan fingerprint density at radius 1 is 1.47 bits per heavy atom. The number of carbonyl (C=O) groups excluding carboxylic acids is 1. The molecule has 0 aliphatic carbocycles. The van der Waals surface area contributed by atoms with Gasteiger partial charge in [-0.2, -0.15) is 5.26 Å². The summed E-state index contributed by atoms with van der Waals surface area (Å²) in [5.74, 6) is 0.452. The van der Waals surface area contributed by atoms with Crippen LogP contribution in [0.1, 0.15) is 18.4 Å². The molecule has 1 aromatic rings. The summed E-state index contributed by atoms with van der Waals surface area (Å²) in [6.07, 6.45) is 1.77. The first-order valence-corrected chi connectivity index (χ1v) is 6.28. The van der Waals surface area contributed by atoms with Crippen molar-refractivity contribution in [2.24, 2.45) is 0 Å². The number of hydrogen-bond acceptors (Lipinski definition) is 4. The van der Waals surface area contributed by atoms with Gasteiger partial charge in [0, 0.05) is 6.54 Å². The van der Waals surface area contributed by atoms with Crippen molar-refractivity contribution < 1.29 is 14.6 Å². The normalized spacial score (nSPS) is 18.1. The summed E-state index contributed by atoms with van der Waals surface area (Å²) in [5, 5.41) is 17.8. The molecule has 5 heteroatoms. The third kappa shape index (κ3) is 3.24. The Hall–Kier alpha value is -2.06. The number of amides is 1. The molecule has 1 amide bonds. The number of benzene rings is 1. The number of aliphatic hydroxyl groups excluding tert-OH is 1. The van der Waals surface area contributed by atoms with Crippen LogP contribution in [0.4, 0.5) is 0 Å². The summed E-state index contributed by atoms with van der Waals surface area (Å²) < 4.78 is 5.39. The van der Waals surface area contributed by atoms with E-state index in [1.807, 2.05) is 6.07 Å². The highest BCUT2D eigenvalue weighted by atomic mass is 16.5. The Bertz CT molecular complexity index is 478. The summed E-state index contributed by atoms with van der Waals surface area (Å²) in [6.45, 7) is 0.645. The highest BCUT2D eigenvalue weighted by molar-refractivity contribution is 5.78. The van der Waals surface area contributed by atoms with Gasteiger partial charge in [0.15, 0.2) is 6.61 Å². The highest BCUT2D eigenvalue weighted by Gasteiger charge is 2.27. The molecule has 1 aliphatic heterocycles. The second-order valence-corrected chi connectivity index (χ2v) is 4.49. The van der Waals surface area contributed by atoms with Crippen LogP contribution in [0.5, 0.6) is 5.75 Å². The molecule has 0 aromatic heterocycles. The number of likely N-dealkylation sites (tertiary alicyclic amines) is 1. The maximum atomic E-state index is 11.9. The van der Waals surface area contributed by atoms with Gasteiger partial charge in [-0.25, -0.2) is 0 Å². The van der Waals surface area contributed by atoms with Gasteiger partial charge in [0.2, 0.25) is 0 Å². The predicted molar refractivity (Wildman–Crippen MR) is 68.5 cm³/mol. The molecule has 1 heterocycles. The minimum Gasteiger partial charge on any atom is -0.484 e. The van der Waals surface area contributed by atoms with Crippen molar-refractivity contribution in [1.82, 2.24) is 4.90 Å². The molecule has 0 spiro atoms. The van der Waals surface area contributed by atoms with Crippen LogP contribution in [0.15, 0.2) is 24.3 Å². The largest absolute Gasteiger partial charge is 0.484 e. The molecule has 1 aromatic carbocycles. The second-order valence-electron chi connectivity index (χ2n) is 4.49. The van der Waals surface area contributed by atoms with E-state index in [9.17, 15) is 4.79 Å². The van der Waals surface area contributed by atoms with Gasteiger partial charge in [-0.15, -0.1) is 0 Å². The lowest BCUT2D eigenvalue weighted by molar-refractivity contribution is -0.134. The molecule has 1 atom stereocenters. The fraction of sp³-hybridized carbons (Fsp3) is 0.429. The maximum absolute atomic E-state index is 11.9. The monoisotopic (exact) mass is 260 g/mol. The standard InChI is InChI=1S/C14H16N2O3/c15-8-11-3-5-13(6-4-11)19-10-14(18)16-7-1-2-12(16)9-17/h3-6,12,17H,1-2,7,9-10H2/t12-/m1/s1. The molecule has 0 radical (unpaired) electrons. The fourth-order valence-corrected chi connectivity index (χ4v) is 2.21. The molecule has 1 aliphatic rings. The second kappa shape index (κ2) is 6.21. The van der Waals surface area contributed by atoms with E-state index < -0.39 is 0 Å². The molecule has 0 bridgehead atoms. The van der Waals surface area contributed by atoms with E-state index in [2.05, 4.69) is 0 Å². The van der Waals surface area contributed by atoms with Crippen LogP contribution in [0, 0.1) is 11.3 Å². The zero-order valence-electron chi connectivity index (χ0n) is 10.6. The van der Waals surface area contributed by atoms with Crippen molar-refractivity contribution in [3.8, 4) is 11.8 Å². The Morgan fingerprint density at radius 3 is 2.84 bits per heavy atom. The number of hydrogen-bond donors (Lipinski definition) is 1. The van der Waals surface area contributed by atoms with E-state index in [0.29, 0.717) is 17.9 Å². The predicted octanol–water partition coefficient (Wildman–Crippen LogP) is 0.920. The zero-order chi connectivity index (χ0) is 13.7. The van der Waals surface area contributed by atoms with Crippen LogP contribution in [-0.4, -0.2) is 41.7 Å². The van der Waals surface area contributed by atoms with Crippen molar-refractivity contribution in [2.75, 3.05) is 19.8 Å². The van der Waals surface area contributed by atoms with Gasteiger partial charge in [0.1, 0.15) is 5.75 Å². The summed E-state index contributed by atoms with van der Waals surface area (Å²) in [4.78, 5) is 13.6. The van der Waals surface area contributed by atoms with E-state index in [1.165, 1.54) is 0 Å². The minimum absolute atomic E-state index is 0.00259. The summed E-state index contributed by atoms with van der Waals surface area (Å²) >= 11 is 0. The number of ether oxygens (including phenoxy) is 1. The van der Waals surface area contributed by atoms with E-state index in [4.69, 9.17) is 15.1 Å². The third-order valence-electron chi connectivity index (χ3n) is 3.25. The first-order chi connectivity index (χ1) is 9.24. The van der Waals surface area contributed by atoms with Gasteiger partial charge in [-0.05, 0) is 37.1 Å². The molecule has 19 heavy (non-hydrogen) atoms. The molecule has 0 unspecified atom stereocenters. The van der Waals surface area contributed by atoms with Gasteiger partial charge < -0.3 is 14.7 Å². The molecular weight excluding hydrogens is 244 g/mol. The zero-order valence-corrected chi connectivity index (χ0v) is 10.6. The first kappa shape index (κ1) is 13.4. The van der Waals surface area contributed by atoms with Crippen molar-refractivity contribution in [1.29, 1.82) is 5.26 Å². The maximum Gasteiger partial charge on any atom is 0.260 e. The van der Waals surface area contributed by atoms with Crippen molar-refractivity contribution in [3.63, 3.8) is 0 Å². The van der Waals surface area contributed by atoms with Crippen LogP contribution in [0.2, 0.25) is 0 Å². The van der Waals surface area contributed by atoms with Gasteiger partial charge in [-0.3, -0.25) is 4.79 Å². The van der Waals surface area contributed by atoms with E-state index >= 15 is 0 Å². The molecule has 2 rings (SSSR count). The Labute approximate surface area is 112 Å². The average molecular weight is 260 g/mol. The average Bonchev–Trinajstić information content (AvgIpc) is 2.93. The van der Waals surface area contributed by atoms with Crippen LogP contribution in [0.3, 0.4) is 0 Å². The smallest absolute Gasteiger partial charge is 0.260 e. The number of aliphatic hydroxyl groups is 1. The summed E-state index contributed by atoms with van der Waals surface area (Å²) in [5.41, 5.74) is 0.554. The number of nitriles is 1. The van der Waals surface area contributed by atoms with Crippen molar-refractivity contribution in [2.45, 2.75) is 18.9 Å². The Morgan fingerprint density at radius 2 is 2.21 bits per heavy atom. The molecule has 0 saturated carbocycles. The lowest BCUT2D eigenvalue weighted by Crippen LogP contribution is -2.40. The van der Waals surface area contributed by atoms with E-state index in [-0.39, 0.29) is 25.2 Å². The minimum atomic E-state index is -0.110. The van der Waals surface area contributed by atoms with Crippen LogP contribution in [-0.2, 0) is 4.79 Å². The number of carbonyl (C=O) groups is 1. The lowest BCUT2D eigenvalue weighted by atomic mass is 10.2. The van der Waals surface area contributed by atoms with Crippen LogP contribution < -0.4 is 4.74 Å². The summed E-state index contributed by atoms with van der Waals surface area (Å²) in [6, 6.07) is 8.57. The molecule has 1 saturated heterocycles. The molecule has 1 fully saturated rings. The van der Waals surface area contributed by atoms with Crippen molar-refractivity contribution >= 4 is 5.91 Å². The van der Waals surface area contributed by atoms with Gasteiger partial charge in [0.25, 0.3) is 5.91 Å². The fourth-order valence-electron chi connectivity index (χ4n) is 2.21. The molecule has 100 valence electrons. The van der Waals surface area contributed by atoms with Gasteiger partial charge in [-0.1, -0.05) is 0 Å². The topological polar surface area (TPSA) is 73.6 Å². The number of rotatable bonds is 4. The first-order valence-electron chi connectivity index (χ1n) is 6.28. The van der Waals surface area contributed by atoms with Gasteiger partial charge in [0.05, 0.1) is 24.3 Å². The Kier molecular flexibility index (Phi) is 4.37. The highest BCUT2D eigenvalue weighted by Crippen LogP contribution is 2.17. The lowest BCUT2D eigenvalue weighted by Gasteiger charge is -2.22. The Balaban J connectivity index is 1.87.